The second kappa shape index (κ2) is 8.20. The molecule has 0 spiro atoms. The van der Waals surface area contributed by atoms with E-state index in [4.69, 9.17) is 17.0 Å². The zero-order valence-corrected chi connectivity index (χ0v) is 14.6. The number of carbonyl (C=O) groups is 1. The molecule has 8 heteroatoms. The van der Waals surface area contributed by atoms with Crippen LogP contribution in [0.2, 0.25) is 0 Å². The molecule has 130 valence electrons. The number of aryl methyl sites for hydroxylation is 1. The zero-order chi connectivity index (χ0) is 18.4. The summed E-state index contributed by atoms with van der Waals surface area (Å²) in [7, 11) is 0. The minimum Gasteiger partial charge on any atom is -0.484 e. The van der Waals surface area contributed by atoms with E-state index in [-0.39, 0.29) is 17.4 Å². The summed E-state index contributed by atoms with van der Waals surface area (Å²) in [5.74, 6) is 0.148. The fourth-order valence-corrected chi connectivity index (χ4v) is 2.28. The molecule has 2 aromatic rings. The molecule has 1 amide bonds. The van der Waals surface area contributed by atoms with E-state index < -0.39 is 10.8 Å². The molecule has 0 aromatic heterocycles. The topological polar surface area (TPSA) is 93.5 Å². The molecule has 0 fully saturated rings. The molecular formula is C17H17N3O4S. The van der Waals surface area contributed by atoms with E-state index in [1.807, 2.05) is 19.1 Å². The Balaban J connectivity index is 1.89. The molecule has 2 N–H and O–H groups in total. The number of nitro benzene ring substituents is 1. The molecule has 2 aromatic carbocycles. The zero-order valence-electron chi connectivity index (χ0n) is 13.7. The van der Waals surface area contributed by atoms with Crippen LogP contribution in [0.5, 0.6) is 5.75 Å². The van der Waals surface area contributed by atoms with Crippen LogP contribution in [0.25, 0.3) is 0 Å². The molecule has 0 bridgehead atoms. The molecule has 25 heavy (non-hydrogen) atoms. The van der Waals surface area contributed by atoms with Gasteiger partial charge in [-0.15, -0.1) is 0 Å². The monoisotopic (exact) mass is 359 g/mol. The molecule has 0 saturated carbocycles. The lowest BCUT2D eigenvalue weighted by Gasteiger charge is -2.12. The highest BCUT2D eigenvalue weighted by Gasteiger charge is 2.14. The Morgan fingerprint density at radius 3 is 2.52 bits per heavy atom. The van der Waals surface area contributed by atoms with Gasteiger partial charge in [0.15, 0.2) is 11.7 Å². The number of thiocarbonyl (C=S) groups is 1. The number of nitrogens with one attached hydrogen (secondary N) is 2. The molecule has 0 heterocycles. The van der Waals surface area contributed by atoms with Crippen LogP contribution in [0.15, 0.2) is 42.5 Å². The van der Waals surface area contributed by atoms with Gasteiger partial charge < -0.3 is 10.1 Å². The van der Waals surface area contributed by atoms with E-state index in [1.54, 1.807) is 31.2 Å². The second-order valence-electron chi connectivity index (χ2n) is 5.31. The molecule has 0 atom stereocenters. The maximum absolute atomic E-state index is 11.9. The van der Waals surface area contributed by atoms with Crippen molar-refractivity contribution in [2.45, 2.75) is 13.8 Å². The maximum Gasteiger partial charge on any atom is 0.274 e. The molecule has 0 radical (unpaired) electrons. The Morgan fingerprint density at radius 1 is 1.20 bits per heavy atom. The number of carbonyl (C=O) groups excluding carboxylic acids is 1. The Kier molecular flexibility index (Phi) is 6.02. The molecule has 7 nitrogen and oxygen atoms in total. The Labute approximate surface area is 150 Å². The van der Waals surface area contributed by atoms with Gasteiger partial charge in [0.05, 0.1) is 16.2 Å². The normalized spacial score (nSPS) is 10.0. The molecular weight excluding hydrogens is 342 g/mol. The van der Waals surface area contributed by atoms with E-state index in [1.165, 1.54) is 6.07 Å². The Bertz CT molecular complexity index is 806. The first-order valence-electron chi connectivity index (χ1n) is 7.41. The quantitative estimate of drug-likeness (QED) is 0.484. The molecule has 0 saturated heterocycles. The molecule has 0 aliphatic rings. The largest absolute Gasteiger partial charge is 0.484 e. The van der Waals surface area contributed by atoms with Crippen LogP contribution < -0.4 is 15.4 Å². The third-order valence-corrected chi connectivity index (χ3v) is 3.60. The summed E-state index contributed by atoms with van der Waals surface area (Å²) in [5, 5.41) is 16.2. The summed E-state index contributed by atoms with van der Waals surface area (Å²) in [6, 6.07) is 11.9. The Morgan fingerprint density at radius 2 is 1.88 bits per heavy atom. The van der Waals surface area contributed by atoms with Crippen LogP contribution >= 0.6 is 12.2 Å². The first kappa shape index (κ1) is 18.3. The van der Waals surface area contributed by atoms with Crippen molar-refractivity contribution in [3.63, 3.8) is 0 Å². The van der Waals surface area contributed by atoms with Crippen LogP contribution in [0.1, 0.15) is 11.1 Å². The average molecular weight is 359 g/mol. The fraction of sp³-hybridized carbons (Fsp3) is 0.176. The number of ether oxygens (including phenoxy) is 1. The lowest BCUT2D eigenvalue weighted by atomic mass is 10.1. The number of anilines is 1. The van der Waals surface area contributed by atoms with Crippen LogP contribution in [-0.4, -0.2) is 22.5 Å². The maximum atomic E-state index is 11.9. The Hall–Kier alpha value is -3.00. The van der Waals surface area contributed by atoms with E-state index in [0.29, 0.717) is 17.0 Å². The summed E-state index contributed by atoms with van der Waals surface area (Å²) in [4.78, 5) is 22.3. The standard InChI is InChI=1S/C17H17N3O4S/c1-11-6-8-13(9-7-11)24-10-16(21)19-17(25)18-14-4-3-5-15(12(14)2)20(22)23/h3-9H,10H2,1-2H3,(H2,18,19,21,25). The molecule has 0 aliphatic heterocycles. The molecule has 0 aliphatic carbocycles. The smallest absolute Gasteiger partial charge is 0.274 e. The first-order chi connectivity index (χ1) is 11.9. The van der Waals surface area contributed by atoms with Gasteiger partial charge in [-0.05, 0) is 44.3 Å². The third-order valence-electron chi connectivity index (χ3n) is 3.39. The van der Waals surface area contributed by atoms with Gasteiger partial charge in [-0.25, -0.2) is 0 Å². The number of benzene rings is 2. The third kappa shape index (κ3) is 5.25. The predicted octanol–water partition coefficient (Wildman–Crippen LogP) is 3.10. The fourth-order valence-electron chi connectivity index (χ4n) is 2.06. The van der Waals surface area contributed by atoms with Gasteiger partial charge in [0, 0.05) is 6.07 Å². The van der Waals surface area contributed by atoms with Crippen LogP contribution in [0, 0.1) is 24.0 Å². The van der Waals surface area contributed by atoms with Crippen molar-refractivity contribution in [2.24, 2.45) is 0 Å². The lowest BCUT2D eigenvalue weighted by molar-refractivity contribution is -0.385. The predicted molar refractivity (Wildman–Crippen MR) is 98.9 cm³/mol. The van der Waals surface area contributed by atoms with Crippen molar-refractivity contribution in [1.82, 2.24) is 5.32 Å². The number of nitrogens with zero attached hydrogens (tertiary/aromatic N) is 1. The van der Waals surface area contributed by atoms with Gasteiger partial charge in [-0.1, -0.05) is 23.8 Å². The van der Waals surface area contributed by atoms with Gasteiger partial charge in [0.1, 0.15) is 5.75 Å². The SMILES string of the molecule is Cc1ccc(OCC(=O)NC(=S)Nc2cccc([N+](=O)[O-])c2C)cc1. The van der Waals surface area contributed by atoms with E-state index in [2.05, 4.69) is 10.6 Å². The van der Waals surface area contributed by atoms with Crippen LogP contribution in [0.4, 0.5) is 11.4 Å². The molecule has 0 unspecified atom stereocenters. The second-order valence-corrected chi connectivity index (χ2v) is 5.72. The van der Waals surface area contributed by atoms with Crippen molar-refractivity contribution in [3.8, 4) is 5.75 Å². The minimum absolute atomic E-state index is 0.0261. The van der Waals surface area contributed by atoms with Crippen LogP contribution in [-0.2, 0) is 4.79 Å². The highest BCUT2D eigenvalue weighted by atomic mass is 32.1. The van der Waals surface area contributed by atoms with Gasteiger partial charge in [-0.2, -0.15) is 0 Å². The summed E-state index contributed by atoms with van der Waals surface area (Å²) >= 11 is 5.06. The minimum atomic E-state index is -0.475. The number of nitro groups is 1. The number of rotatable bonds is 5. The highest BCUT2D eigenvalue weighted by molar-refractivity contribution is 7.80. The van der Waals surface area contributed by atoms with Gasteiger partial charge >= 0.3 is 0 Å². The molecule has 2 rings (SSSR count). The van der Waals surface area contributed by atoms with Crippen molar-refractivity contribution in [1.29, 1.82) is 0 Å². The number of hydrogen-bond donors (Lipinski definition) is 2. The number of hydrogen-bond acceptors (Lipinski definition) is 5. The first-order valence-corrected chi connectivity index (χ1v) is 7.82. The van der Waals surface area contributed by atoms with E-state index >= 15 is 0 Å². The van der Waals surface area contributed by atoms with Crippen LogP contribution in [0.3, 0.4) is 0 Å². The summed E-state index contributed by atoms with van der Waals surface area (Å²) < 4.78 is 5.36. The van der Waals surface area contributed by atoms with Crippen molar-refractivity contribution < 1.29 is 14.5 Å². The van der Waals surface area contributed by atoms with Crippen molar-refractivity contribution in [3.05, 3.63) is 63.7 Å². The average Bonchev–Trinajstić information content (AvgIpc) is 2.56. The summed E-state index contributed by atoms with van der Waals surface area (Å²) in [5.41, 5.74) is 1.95. The number of amides is 1. The van der Waals surface area contributed by atoms with E-state index in [9.17, 15) is 14.9 Å². The lowest BCUT2D eigenvalue weighted by Crippen LogP contribution is -2.37. The van der Waals surface area contributed by atoms with Crippen molar-refractivity contribution in [2.75, 3.05) is 11.9 Å². The highest BCUT2D eigenvalue weighted by Crippen LogP contribution is 2.24. The van der Waals surface area contributed by atoms with E-state index in [0.717, 1.165) is 5.56 Å². The van der Waals surface area contributed by atoms with Gasteiger partial charge in [0.25, 0.3) is 11.6 Å². The van der Waals surface area contributed by atoms with Gasteiger partial charge in [0.2, 0.25) is 0 Å². The van der Waals surface area contributed by atoms with Crippen molar-refractivity contribution >= 4 is 34.6 Å². The summed E-state index contributed by atoms with van der Waals surface area (Å²) in [6.07, 6.45) is 0. The van der Waals surface area contributed by atoms with Gasteiger partial charge in [-0.3, -0.25) is 20.2 Å². The summed E-state index contributed by atoms with van der Waals surface area (Å²) in [6.45, 7) is 3.36.